The summed E-state index contributed by atoms with van der Waals surface area (Å²) in [4.78, 5) is 0. The largest absolute Gasteiger partial charge is 0.488 e. The van der Waals surface area contributed by atoms with Crippen LogP contribution in [0.5, 0.6) is 5.75 Å². The van der Waals surface area contributed by atoms with Crippen molar-refractivity contribution in [1.29, 1.82) is 0 Å². The summed E-state index contributed by atoms with van der Waals surface area (Å²) < 4.78 is 8.76. The summed E-state index contributed by atoms with van der Waals surface area (Å²) in [6.45, 7) is 3.78. The second-order valence-electron chi connectivity index (χ2n) is 6.21. The molecule has 0 fully saturated rings. The molecule has 0 atom stereocenters. The lowest BCUT2D eigenvalue weighted by molar-refractivity contribution is 0.303. The van der Waals surface area contributed by atoms with Crippen molar-refractivity contribution in [2.45, 2.75) is 39.5 Å². The first-order valence-electron chi connectivity index (χ1n) is 8.92. The first-order chi connectivity index (χ1) is 13.6. The molecular weight excluding hydrogens is 465 g/mol. The van der Waals surface area contributed by atoms with Crippen molar-refractivity contribution in [2.24, 2.45) is 0 Å². The van der Waals surface area contributed by atoms with E-state index in [2.05, 4.69) is 43.7 Å². The smallest absolute Gasteiger partial charge is 0.243 e. The summed E-state index contributed by atoms with van der Waals surface area (Å²) in [6, 6.07) is 11.2. The molecule has 0 aliphatic carbocycles. The minimum absolute atomic E-state index is 0.346. The Balaban J connectivity index is 1.69. The third-order valence-electron chi connectivity index (χ3n) is 4.11. The first-order valence-corrected chi connectivity index (χ1v) is 10.5. The van der Waals surface area contributed by atoms with Crippen LogP contribution in [0.2, 0.25) is 10.0 Å². The molecule has 1 N–H and O–H groups in total. The first kappa shape index (κ1) is 20.9. The molecule has 2 aromatic carbocycles. The molecule has 3 aromatic rings. The number of ether oxygens (including phenoxy) is 1. The fraction of sp³-hybridized carbons (Fsp3) is 0.316. The zero-order chi connectivity index (χ0) is 19.9. The molecule has 0 saturated heterocycles. The molecule has 0 bridgehead atoms. The van der Waals surface area contributed by atoms with Gasteiger partial charge in [-0.15, -0.1) is 0 Å². The monoisotopic (exact) mass is 483 g/mol. The second kappa shape index (κ2) is 10.1. The third-order valence-corrected chi connectivity index (χ3v) is 5.19. The van der Waals surface area contributed by atoms with Gasteiger partial charge in [0.1, 0.15) is 12.4 Å². The number of anilines is 1. The number of tetrazole rings is 1. The normalized spacial score (nSPS) is 10.9. The molecule has 3 rings (SSSR count). The fourth-order valence-electron chi connectivity index (χ4n) is 2.59. The van der Waals surface area contributed by atoms with Crippen molar-refractivity contribution in [3.05, 3.63) is 62.0 Å². The van der Waals surface area contributed by atoms with Crippen LogP contribution in [0, 0.1) is 0 Å². The maximum absolute atomic E-state index is 6.24. The predicted molar refractivity (Wildman–Crippen MR) is 115 cm³/mol. The molecule has 0 aliphatic heterocycles. The predicted octanol–water partition coefficient (Wildman–Crippen LogP) is 5.73. The van der Waals surface area contributed by atoms with Gasteiger partial charge >= 0.3 is 0 Å². The van der Waals surface area contributed by atoms with Gasteiger partial charge in [-0.3, -0.25) is 0 Å². The van der Waals surface area contributed by atoms with Gasteiger partial charge in [0.25, 0.3) is 0 Å². The van der Waals surface area contributed by atoms with Crippen LogP contribution in [-0.4, -0.2) is 20.2 Å². The Morgan fingerprint density at radius 3 is 2.79 bits per heavy atom. The summed E-state index contributed by atoms with van der Waals surface area (Å²) in [6.07, 6.45) is 2.10. The van der Waals surface area contributed by atoms with Gasteiger partial charge in [0, 0.05) is 38.7 Å². The van der Waals surface area contributed by atoms with Crippen LogP contribution < -0.4 is 10.1 Å². The lowest BCUT2D eigenvalue weighted by Gasteiger charge is -2.14. The molecule has 9 heteroatoms. The van der Waals surface area contributed by atoms with E-state index >= 15 is 0 Å². The van der Waals surface area contributed by atoms with Crippen molar-refractivity contribution >= 4 is 45.1 Å². The van der Waals surface area contributed by atoms with E-state index < -0.39 is 0 Å². The van der Waals surface area contributed by atoms with Gasteiger partial charge in [-0.1, -0.05) is 63.6 Å². The Morgan fingerprint density at radius 1 is 1.14 bits per heavy atom. The highest BCUT2D eigenvalue weighted by atomic mass is 79.9. The standard InChI is InChI=1S/C19H20BrCl2N5O/c1-2-3-8-27-19(24-25-26-27)23-11-14-9-15(20)5-7-18(14)28-12-13-4-6-16(21)10-17(13)22/h4-7,9-10H,2-3,8,11-12H2,1H3,(H,23,24,26). The van der Waals surface area contributed by atoms with Gasteiger partial charge in [0.2, 0.25) is 5.95 Å². The number of hydrogen-bond acceptors (Lipinski definition) is 5. The van der Waals surface area contributed by atoms with Crippen molar-refractivity contribution in [1.82, 2.24) is 20.2 Å². The molecule has 0 amide bonds. The van der Waals surface area contributed by atoms with E-state index in [1.165, 1.54) is 0 Å². The summed E-state index contributed by atoms with van der Waals surface area (Å²) in [5, 5.41) is 16.3. The minimum atomic E-state index is 0.346. The number of halogens is 3. The van der Waals surface area contributed by atoms with Crippen LogP contribution in [0.15, 0.2) is 40.9 Å². The van der Waals surface area contributed by atoms with Crippen LogP contribution in [0.3, 0.4) is 0 Å². The molecule has 148 valence electrons. The highest BCUT2D eigenvalue weighted by Gasteiger charge is 2.10. The van der Waals surface area contributed by atoms with Crippen LogP contribution in [0.25, 0.3) is 0 Å². The van der Waals surface area contributed by atoms with Gasteiger partial charge < -0.3 is 10.1 Å². The molecule has 0 unspecified atom stereocenters. The van der Waals surface area contributed by atoms with Crippen molar-refractivity contribution < 1.29 is 4.74 Å². The van der Waals surface area contributed by atoms with Crippen LogP contribution >= 0.6 is 39.1 Å². The number of nitrogens with zero attached hydrogens (tertiary/aromatic N) is 4. The number of aryl methyl sites for hydroxylation is 1. The molecule has 28 heavy (non-hydrogen) atoms. The fourth-order valence-corrected chi connectivity index (χ4v) is 3.46. The van der Waals surface area contributed by atoms with Crippen molar-refractivity contribution in [3.8, 4) is 5.75 Å². The SMILES string of the molecule is CCCCn1nnnc1NCc1cc(Br)ccc1OCc1ccc(Cl)cc1Cl. The average Bonchev–Trinajstić information content (AvgIpc) is 3.12. The Bertz CT molecular complexity index is 934. The van der Waals surface area contributed by atoms with Gasteiger partial charge in [0.15, 0.2) is 0 Å². The van der Waals surface area contributed by atoms with E-state index in [9.17, 15) is 0 Å². The van der Waals surface area contributed by atoms with Crippen molar-refractivity contribution in [2.75, 3.05) is 5.32 Å². The number of nitrogens with one attached hydrogen (secondary N) is 1. The van der Waals surface area contributed by atoms with E-state index in [1.54, 1.807) is 16.8 Å². The quantitative estimate of drug-likeness (QED) is 0.419. The summed E-state index contributed by atoms with van der Waals surface area (Å²) in [7, 11) is 0. The topological polar surface area (TPSA) is 64.9 Å². The molecule has 1 heterocycles. The Kier molecular flexibility index (Phi) is 7.53. The number of benzene rings is 2. The van der Waals surface area contributed by atoms with Crippen molar-refractivity contribution in [3.63, 3.8) is 0 Å². The van der Waals surface area contributed by atoms with Gasteiger partial charge in [-0.05, 0) is 47.2 Å². The maximum atomic E-state index is 6.24. The maximum Gasteiger partial charge on any atom is 0.243 e. The Morgan fingerprint density at radius 2 is 2.00 bits per heavy atom. The average molecular weight is 485 g/mol. The van der Waals surface area contributed by atoms with E-state index in [0.717, 1.165) is 40.7 Å². The molecule has 1 aromatic heterocycles. The minimum Gasteiger partial charge on any atom is -0.488 e. The molecule has 6 nitrogen and oxygen atoms in total. The van der Waals surface area contributed by atoms with E-state index in [1.807, 2.05) is 24.3 Å². The van der Waals surface area contributed by atoms with Crippen LogP contribution in [0.4, 0.5) is 5.95 Å². The zero-order valence-corrected chi connectivity index (χ0v) is 18.4. The molecule has 0 radical (unpaired) electrons. The molecular formula is C19H20BrCl2N5O. The van der Waals surface area contributed by atoms with Gasteiger partial charge in [-0.25, -0.2) is 4.68 Å². The summed E-state index contributed by atoms with van der Waals surface area (Å²) in [5.41, 5.74) is 1.85. The Hall–Kier alpha value is -1.83. The highest BCUT2D eigenvalue weighted by Crippen LogP contribution is 2.27. The Labute approximate surface area is 182 Å². The van der Waals surface area contributed by atoms with Gasteiger partial charge in [-0.2, -0.15) is 0 Å². The third kappa shape index (κ3) is 5.59. The van der Waals surface area contributed by atoms with E-state index in [0.29, 0.717) is 29.1 Å². The zero-order valence-electron chi connectivity index (χ0n) is 15.3. The van der Waals surface area contributed by atoms with E-state index in [4.69, 9.17) is 27.9 Å². The number of aromatic nitrogens is 4. The number of hydrogen-bond donors (Lipinski definition) is 1. The molecule has 0 aliphatic rings. The van der Waals surface area contributed by atoms with Gasteiger partial charge in [0.05, 0.1) is 0 Å². The lowest BCUT2D eigenvalue weighted by atomic mass is 10.2. The number of unbranched alkanes of at least 4 members (excludes halogenated alkanes) is 1. The summed E-state index contributed by atoms with van der Waals surface area (Å²) >= 11 is 15.7. The molecule has 0 spiro atoms. The van der Waals surface area contributed by atoms with Crippen LogP contribution in [0.1, 0.15) is 30.9 Å². The second-order valence-corrected chi connectivity index (χ2v) is 7.97. The van der Waals surface area contributed by atoms with E-state index in [-0.39, 0.29) is 0 Å². The highest BCUT2D eigenvalue weighted by molar-refractivity contribution is 9.10. The lowest BCUT2D eigenvalue weighted by Crippen LogP contribution is -2.10. The molecule has 0 saturated carbocycles. The summed E-state index contributed by atoms with van der Waals surface area (Å²) in [5.74, 6) is 1.40. The van der Waals surface area contributed by atoms with Crippen LogP contribution in [-0.2, 0) is 19.7 Å². The number of rotatable bonds is 9.